The van der Waals surface area contributed by atoms with Gasteiger partial charge in [-0.25, -0.2) is 4.79 Å². The highest BCUT2D eigenvalue weighted by Gasteiger charge is 2.41. The van der Waals surface area contributed by atoms with E-state index < -0.39 is 12.1 Å². The number of piperidine rings is 1. The highest BCUT2D eigenvalue weighted by atomic mass is 19.4. The van der Waals surface area contributed by atoms with E-state index in [4.69, 9.17) is 15.6 Å². The molecule has 38 heavy (non-hydrogen) atoms. The van der Waals surface area contributed by atoms with Gasteiger partial charge < -0.3 is 20.8 Å². The monoisotopic (exact) mass is 541 g/mol. The summed E-state index contributed by atoms with van der Waals surface area (Å²) in [6, 6.07) is 8.92. The van der Waals surface area contributed by atoms with Gasteiger partial charge in [-0.05, 0) is 68.1 Å². The molecule has 2 bridgehead atoms. The molecule has 0 spiro atoms. The second-order valence-electron chi connectivity index (χ2n) is 10.5. The number of aliphatic hydroxyl groups is 1. The van der Waals surface area contributed by atoms with E-state index in [0.717, 1.165) is 32.5 Å². The van der Waals surface area contributed by atoms with Gasteiger partial charge in [0.2, 0.25) is 11.8 Å². The molecule has 1 aliphatic carbocycles. The van der Waals surface area contributed by atoms with Crippen LogP contribution in [-0.2, 0) is 9.59 Å². The number of carbonyl (C=O) groups excluding carboxylic acids is 2. The number of halogens is 3. The minimum Gasteiger partial charge on any atom is -0.475 e. The van der Waals surface area contributed by atoms with E-state index in [-0.39, 0.29) is 24.8 Å². The molecule has 1 aromatic carbocycles. The Bertz CT molecular complexity index is 954. The summed E-state index contributed by atoms with van der Waals surface area (Å²) in [6.07, 6.45) is 4.79. The Balaban J connectivity index is 0.000000505. The maximum Gasteiger partial charge on any atom is 0.490 e. The largest absolute Gasteiger partial charge is 0.490 e. The number of alkyl halides is 3. The standard InChI is InChI=1S/C25H37N3O3.C2HF3O2/c26-25(31)20-7-3-6-19(14-20)21-15-22-8-9-23(16-21)28(22)12-11-27(24(30)10-13-29)17-18-4-1-2-5-18;3-2(4,5)1(6)7/h3,6-7,14,18,21-23,29H,1-2,4-5,8-13,15-17H2,(H2,26,31);(H,6,7)/t21?,22-,23+;. The van der Waals surface area contributed by atoms with Crippen LogP contribution < -0.4 is 5.73 Å². The Morgan fingerprint density at radius 2 is 1.66 bits per heavy atom. The van der Waals surface area contributed by atoms with Crippen LogP contribution in [0.4, 0.5) is 13.2 Å². The van der Waals surface area contributed by atoms with Crippen LogP contribution in [0.2, 0.25) is 0 Å². The van der Waals surface area contributed by atoms with E-state index in [2.05, 4.69) is 11.0 Å². The molecule has 2 heterocycles. The molecule has 0 radical (unpaired) electrons. The number of nitrogens with zero attached hydrogens (tertiary/aromatic N) is 2. The van der Waals surface area contributed by atoms with Crippen LogP contribution >= 0.6 is 0 Å². The molecule has 11 heteroatoms. The van der Waals surface area contributed by atoms with E-state index in [0.29, 0.717) is 29.5 Å². The molecular formula is C27H38F3N3O5. The van der Waals surface area contributed by atoms with Gasteiger partial charge in [0.15, 0.2) is 0 Å². The number of rotatable bonds is 9. The normalized spacial score (nSPS) is 23.5. The number of aliphatic hydroxyl groups excluding tert-OH is 1. The van der Waals surface area contributed by atoms with Crippen LogP contribution in [-0.4, -0.2) is 82.3 Å². The lowest BCUT2D eigenvalue weighted by atomic mass is 9.84. The van der Waals surface area contributed by atoms with Crippen molar-refractivity contribution in [3.63, 3.8) is 0 Å². The van der Waals surface area contributed by atoms with Gasteiger partial charge in [0.25, 0.3) is 0 Å². The summed E-state index contributed by atoms with van der Waals surface area (Å²) in [7, 11) is 0. The van der Waals surface area contributed by atoms with Gasteiger partial charge >= 0.3 is 12.1 Å². The van der Waals surface area contributed by atoms with E-state index in [9.17, 15) is 27.9 Å². The zero-order chi connectivity index (χ0) is 27.9. The summed E-state index contributed by atoms with van der Waals surface area (Å²) in [5.74, 6) is -1.93. The van der Waals surface area contributed by atoms with E-state index in [1.54, 1.807) is 6.07 Å². The highest BCUT2D eigenvalue weighted by molar-refractivity contribution is 5.92. The van der Waals surface area contributed by atoms with Crippen molar-refractivity contribution in [3.05, 3.63) is 35.4 Å². The number of aliphatic carboxylic acids is 1. The number of fused-ring (bicyclic) bond motifs is 2. The quantitative estimate of drug-likeness (QED) is 0.440. The second-order valence-corrected chi connectivity index (χ2v) is 10.5. The fourth-order valence-corrected chi connectivity index (χ4v) is 6.17. The SMILES string of the molecule is NC(=O)c1cccc(C2C[C@H]3CC[C@@H](C2)N3CCN(CC2CCCC2)C(=O)CCO)c1.O=C(O)C(F)(F)F. The van der Waals surface area contributed by atoms with Gasteiger partial charge in [0, 0.05) is 43.7 Å². The molecule has 1 unspecified atom stereocenters. The van der Waals surface area contributed by atoms with E-state index in [1.807, 2.05) is 17.0 Å². The molecule has 4 N–H and O–H groups in total. The van der Waals surface area contributed by atoms with Crippen molar-refractivity contribution in [2.75, 3.05) is 26.2 Å². The Morgan fingerprint density at radius 1 is 1.05 bits per heavy atom. The summed E-state index contributed by atoms with van der Waals surface area (Å²) in [5, 5.41) is 16.4. The molecule has 1 saturated carbocycles. The lowest BCUT2D eigenvalue weighted by Gasteiger charge is -2.40. The van der Waals surface area contributed by atoms with Gasteiger partial charge in [0.05, 0.1) is 6.61 Å². The number of hydrogen-bond donors (Lipinski definition) is 3. The number of amides is 2. The average molecular weight is 542 g/mol. The van der Waals surface area contributed by atoms with Crippen molar-refractivity contribution in [1.29, 1.82) is 0 Å². The Labute approximate surface area is 221 Å². The molecule has 3 aliphatic rings. The zero-order valence-corrected chi connectivity index (χ0v) is 21.5. The first kappa shape index (κ1) is 29.9. The van der Waals surface area contributed by atoms with Gasteiger partial charge in [-0.1, -0.05) is 25.0 Å². The first-order valence-corrected chi connectivity index (χ1v) is 13.3. The highest BCUT2D eigenvalue weighted by Crippen LogP contribution is 2.43. The smallest absolute Gasteiger partial charge is 0.475 e. The van der Waals surface area contributed by atoms with E-state index in [1.165, 1.54) is 44.1 Å². The maximum absolute atomic E-state index is 12.6. The van der Waals surface area contributed by atoms with Gasteiger partial charge in [-0.15, -0.1) is 0 Å². The van der Waals surface area contributed by atoms with Gasteiger partial charge in [-0.2, -0.15) is 13.2 Å². The number of hydrogen-bond acceptors (Lipinski definition) is 5. The minimum atomic E-state index is -5.08. The van der Waals surface area contributed by atoms with Crippen molar-refractivity contribution in [2.45, 2.75) is 82.0 Å². The molecule has 0 aromatic heterocycles. The lowest BCUT2D eigenvalue weighted by molar-refractivity contribution is -0.192. The van der Waals surface area contributed by atoms with E-state index >= 15 is 0 Å². The molecule has 2 saturated heterocycles. The van der Waals surface area contributed by atoms with Crippen LogP contribution in [0.15, 0.2) is 24.3 Å². The predicted octanol–water partition coefficient (Wildman–Crippen LogP) is 3.53. The number of carboxylic acid groups (broad SMARTS) is 1. The van der Waals surface area contributed by atoms with Crippen LogP contribution in [0, 0.1) is 5.92 Å². The van der Waals surface area contributed by atoms with Crippen molar-refractivity contribution >= 4 is 17.8 Å². The average Bonchev–Trinajstić information content (AvgIpc) is 3.46. The molecule has 8 nitrogen and oxygen atoms in total. The number of carbonyl (C=O) groups is 3. The molecule has 1 aromatic rings. The number of nitrogens with two attached hydrogens (primary N) is 1. The minimum absolute atomic E-state index is 0.0684. The van der Waals surface area contributed by atoms with Gasteiger partial charge in [0.1, 0.15) is 0 Å². The number of benzene rings is 1. The number of carboxylic acids is 1. The summed E-state index contributed by atoms with van der Waals surface area (Å²) >= 11 is 0. The fraction of sp³-hybridized carbons (Fsp3) is 0.667. The van der Waals surface area contributed by atoms with Crippen molar-refractivity contribution in [2.24, 2.45) is 11.7 Å². The van der Waals surface area contributed by atoms with Gasteiger partial charge in [-0.3, -0.25) is 14.5 Å². The summed E-state index contributed by atoms with van der Waals surface area (Å²) in [4.78, 5) is 37.7. The Kier molecular flexibility index (Phi) is 10.6. The Morgan fingerprint density at radius 3 is 2.18 bits per heavy atom. The topological polar surface area (TPSA) is 124 Å². The molecule has 2 amide bonds. The first-order valence-electron chi connectivity index (χ1n) is 13.3. The molecule has 212 valence electrons. The third-order valence-electron chi connectivity index (χ3n) is 8.03. The molecule has 3 atom stereocenters. The third kappa shape index (κ3) is 8.17. The van der Waals surface area contributed by atoms with Crippen molar-refractivity contribution in [3.8, 4) is 0 Å². The zero-order valence-electron chi connectivity index (χ0n) is 21.5. The second kappa shape index (κ2) is 13.4. The van der Waals surface area contributed by atoms with Crippen molar-refractivity contribution in [1.82, 2.24) is 9.80 Å². The predicted molar refractivity (Wildman–Crippen MR) is 134 cm³/mol. The molecule has 4 rings (SSSR count). The van der Waals surface area contributed by atoms with Crippen LogP contribution in [0.5, 0.6) is 0 Å². The fourth-order valence-electron chi connectivity index (χ4n) is 6.17. The summed E-state index contributed by atoms with van der Waals surface area (Å²) in [6.45, 7) is 2.48. The van der Waals surface area contributed by atoms with Crippen LogP contribution in [0.25, 0.3) is 0 Å². The molecular weight excluding hydrogens is 503 g/mol. The molecule has 2 aliphatic heterocycles. The summed E-state index contributed by atoms with van der Waals surface area (Å²) in [5.41, 5.74) is 7.30. The maximum atomic E-state index is 12.6. The molecule has 3 fully saturated rings. The third-order valence-corrected chi connectivity index (χ3v) is 8.03. The lowest BCUT2D eigenvalue weighted by Crippen LogP contribution is -2.47. The van der Waals surface area contributed by atoms with Crippen LogP contribution in [0.1, 0.15) is 79.6 Å². The Hall–Kier alpha value is -2.66. The summed E-state index contributed by atoms with van der Waals surface area (Å²) < 4.78 is 31.7. The van der Waals surface area contributed by atoms with Crippen LogP contribution in [0.3, 0.4) is 0 Å². The number of primary amides is 1. The first-order chi connectivity index (χ1) is 18.0. The van der Waals surface area contributed by atoms with Crippen molar-refractivity contribution < 1.29 is 37.8 Å².